The highest BCUT2D eigenvalue weighted by molar-refractivity contribution is 5.87. The van der Waals surface area contributed by atoms with E-state index in [0.717, 1.165) is 95.2 Å². The molecule has 3 fully saturated rings. The summed E-state index contributed by atoms with van der Waals surface area (Å²) >= 11 is 0. The fourth-order valence-corrected chi connectivity index (χ4v) is 8.91. The lowest BCUT2D eigenvalue weighted by atomic mass is 9.61. The summed E-state index contributed by atoms with van der Waals surface area (Å²) in [5.74, 6) is -0.627. The first-order valence-electron chi connectivity index (χ1n) is 19.4. The zero-order valence-corrected chi connectivity index (χ0v) is 30.7. The van der Waals surface area contributed by atoms with Crippen molar-refractivity contribution in [2.75, 3.05) is 38.0 Å². The fourth-order valence-electron chi connectivity index (χ4n) is 8.91. The predicted molar refractivity (Wildman–Crippen MR) is 207 cm³/mol. The molecule has 3 aliphatic rings. The van der Waals surface area contributed by atoms with Crippen molar-refractivity contribution in [3.63, 3.8) is 0 Å². The maximum absolute atomic E-state index is 13.5. The van der Waals surface area contributed by atoms with Gasteiger partial charge in [-0.1, -0.05) is 55.3 Å². The van der Waals surface area contributed by atoms with Gasteiger partial charge in [-0.2, -0.15) is 5.11 Å². The van der Waals surface area contributed by atoms with Crippen LogP contribution in [0, 0.1) is 16.9 Å². The molecule has 0 radical (unpaired) electrons. The number of nitrogens with zero attached hydrogens (tertiary/aromatic N) is 2. The number of H-pyrrole nitrogens is 1. The first-order chi connectivity index (χ1) is 26.2. The average Bonchev–Trinajstić information content (AvgIpc) is 3.73. The average molecular weight is 737 g/mol. The molecule has 2 aliphatic carbocycles. The maximum Gasteiger partial charge on any atom is 0.343 e. The summed E-state index contributed by atoms with van der Waals surface area (Å²) in [5, 5.41) is 43.8. The minimum atomic E-state index is -1.57. The molecule has 2 unspecified atom stereocenters. The molecule has 12 heteroatoms. The number of aromatic hydroxyl groups is 1. The van der Waals surface area contributed by atoms with Gasteiger partial charge in [0.05, 0.1) is 17.3 Å². The molecule has 7 rings (SSSR count). The highest BCUT2D eigenvalue weighted by Gasteiger charge is 2.52. The number of phenols is 1. The maximum atomic E-state index is 13.5. The molecule has 0 amide bonds. The van der Waals surface area contributed by atoms with E-state index in [2.05, 4.69) is 25.6 Å². The van der Waals surface area contributed by atoms with Crippen molar-refractivity contribution in [3.8, 4) is 5.75 Å². The highest BCUT2D eigenvalue weighted by atomic mass is 16.6. The van der Waals surface area contributed by atoms with Gasteiger partial charge in [0.1, 0.15) is 17.5 Å². The number of hydrogen-bond donors (Lipinski definition) is 7. The molecule has 2 saturated carbocycles. The number of nitrogens with one attached hydrogen (secondary N) is 4. The SMILES string of the molecule is N=Nc1cc(CNCC(O)c2ccc(O)c3[nH]c(=O)ccc23)ccc1NCCCN1CCC2(CC1)CC(OC(=O)C(O)(c1ccccc1)C1CCCC1)C2. The Morgan fingerprint density at radius 2 is 1.81 bits per heavy atom. The third-order valence-corrected chi connectivity index (χ3v) is 12.1. The lowest BCUT2D eigenvalue weighted by Gasteiger charge is -2.52. The molecule has 7 N–H and O–H groups in total. The number of hydrogen-bond acceptors (Lipinski definition) is 11. The summed E-state index contributed by atoms with van der Waals surface area (Å²) in [7, 11) is 0. The lowest BCUT2D eigenvalue weighted by Crippen LogP contribution is -2.52. The van der Waals surface area contributed by atoms with Crippen molar-refractivity contribution in [1.29, 1.82) is 5.53 Å². The zero-order valence-electron chi connectivity index (χ0n) is 30.7. The van der Waals surface area contributed by atoms with Crippen molar-refractivity contribution in [1.82, 2.24) is 15.2 Å². The molecular formula is C42H52N6O6. The lowest BCUT2D eigenvalue weighted by molar-refractivity contribution is -0.192. The van der Waals surface area contributed by atoms with Crippen LogP contribution >= 0.6 is 0 Å². The monoisotopic (exact) mass is 736 g/mol. The van der Waals surface area contributed by atoms with Crippen molar-refractivity contribution in [2.24, 2.45) is 16.4 Å². The Morgan fingerprint density at radius 1 is 1.06 bits per heavy atom. The molecule has 1 aromatic heterocycles. The molecule has 0 bridgehead atoms. The number of fused-ring (bicyclic) bond motifs is 1. The molecule has 12 nitrogen and oxygen atoms in total. The second-order valence-electron chi connectivity index (χ2n) is 15.6. The van der Waals surface area contributed by atoms with Crippen LogP contribution in [0.2, 0.25) is 0 Å². The second-order valence-corrected chi connectivity index (χ2v) is 15.6. The number of aliphatic hydroxyl groups is 2. The first-order valence-corrected chi connectivity index (χ1v) is 19.4. The number of aliphatic hydroxyl groups excluding tert-OH is 1. The van der Waals surface area contributed by atoms with Crippen LogP contribution in [-0.4, -0.2) is 70.0 Å². The van der Waals surface area contributed by atoms with Gasteiger partial charge in [-0.25, -0.2) is 10.3 Å². The number of benzene rings is 3. The molecule has 1 spiro atoms. The summed E-state index contributed by atoms with van der Waals surface area (Å²) in [6.07, 6.45) is 7.60. The van der Waals surface area contributed by atoms with Crippen LogP contribution in [0.4, 0.5) is 11.4 Å². The molecular weight excluding hydrogens is 684 g/mol. The summed E-state index contributed by atoms with van der Waals surface area (Å²) < 4.78 is 6.02. The van der Waals surface area contributed by atoms with Gasteiger partial charge in [0.25, 0.3) is 0 Å². The van der Waals surface area contributed by atoms with Crippen LogP contribution < -0.4 is 16.2 Å². The van der Waals surface area contributed by atoms with Gasteiger partial charge in [0.15, 0.2) is 5.60 Å². The van der Waals surface area contributed by atoms with Crippen molar-refractivity contribution >= 4 is 28.2 Å². The fraction of sp³-hybridized carbons (Fsp3) is 0.476. The van der Waals surface area contributed by atoms with Crippen LogP contribution in [0.5, 0.6) is 5.75 Å². The van der Waals surface area contributed by atoms with Gasteiger partial charge in [-0.15, -0.1) is 0 Å². The third-order valence-electron chi connectivity index (χ3n) is 12.1. The van der Waals surface area contributed by atoms with Gasteiger partial charge < -0.3 is 40.6 Å². The number of ether oxygens (including phenoxy) is 1. The van der Waals surface area contributed by atoms with E-state index in [-0.39, 0.29) is 35.3 Å². The predicted octanol–water partition coefficient (Wildman–Crippen LogP) is 6.39. The molecule has 54 heavy (non-hydrogen) atoms. The number of rotatable bonds is 15. The number of anilines is 1. The van der Waals surface area contributed by atoms with Crippen LogP contribution in [0.15, 0.2) is 82.7 Å². The Morgan fingerprint density at radius 3 is 2.56 bits per heavy atom. The Balaban J connectivity index is 0.819. The Bertz CT molecular complexity index is 1980. The highest BCUT2D eigenvalue weighted by Crippen LogP contribution is 2.51. The van der Waals surface area contributed by atoms with E-state index in [9.17, 15) is 24.9 Å². The molecule has 2 heterocycles. The van der Waals surface area contributed by atoms with Crippen LogP contribution in [-0.2, 0) is 21.7 Å². The van der Waals surface area contributed by atoms with E-state index in [1.165, 1.54) is 12.1 Å². The van der Waals surface area contributed by atoms with Gasteiger partial charge in [-0.05, 0) is 111 Å². The first kappa shape index (κ1) is 37.7. The number of pyridine rings is 1. The molecule has 286 valence electrons. The van der Waals surface area contributed by atoms with Crippen molar-refractivity contribution < 1.29 is 24.9 Å². The Hall–Kier alpha value is -4.62. The minimum Gasteiger partial charge on any atom is -0.506 e. The molecule has 1 saturated heterocycles. The van der Waals surface area contributed by atoms with Crippen LogP contribution in [0.3, 0.4) is 0 Å². The van der Waals surface area contributed by atoms with E-state index in [0.29, 0.717) is 34.3 Å². The van der Waals surface area contributed by atoms with Crippen molar-refractivity contribution in [2.45, 2.75) is 82.1 Å². The van der Waals surface area contributed by atoms with Crippen LogP contribution in [0.1, 0.15) is 80.6 Å². The van der Waals surface area contributed by atoms with Gasteiger partial charge in [-0.3, -0.25) is 4.79 Å². The topological polar surface area (TPSA) is 183 Å². The number of esters is 1. The summed E-state index contributed by atoms with van der Waals surface area (Å²) in [5.41, 5.74) is 9.88. The minimum absolute atomic E-state index is 0.0503. The normalized spacial score (nSPS) is 19.3. The summed E-state index contributed by atoms with van der Waals surface area (Å²) in [6, 6.07) is 21.2. The number of likely N-dealkylation sites (tertiary alicyclic amines) is 1. The third kappa shape index (κ3) is 8.07. The number of aromatic amines is 1. The second kappa shape index (κ2) is 16.4. The van der Waals surface area contributed by atoms with Gasteiger partial charge in [0, 0.05) is 37.0 Å². The smallest absolute Gasteiger partial charge is 0.343 e. The van der Waals surface area contributed by atoms with E-state index in [1.54, 1.807) is 12.1 Å². The quantitative estimate of drug-likeness (QED) is 0.0413. The zero-order chi connectivity index (χ0) is 37.7. The molecule has 1 aliphatic heterocycles. The van der Waals surface area contributed by atoms with E-state index >= 15 is 0 Å². The largest absolute Gasteiger partial charge is 0.506 e. The molecule has 4 aromatic rings. The van der Waals surface area contributed by atoms with E-state index in [4.69, 9.17) is 10.3 Å². The summed E-state index contributed by atoms with van der Waals surface area (Å²) in [4.78, 5) is 30.4. The Labute approximate surface area is 315 Å². The number of piperidine rings is 1. The van der Waals surface area contributed by atoms with Crippen molar-refractivity contribution in [3.05, 3.63) is 99.8 Å². The van der Waals surface area contributed by atoms with E-state index < -0.39 is 17.7 Å². The standard InChI is InChI=1S/C42H52N6O6/c43-47-35-23-28(26-44-27-37(50)32-12-15-36(49)39-33(32)13-16-38(51)46-39)11-14-34(35)45-19-6-20-48-21-17-41(18-22-48)24-31(25-41)54-40(52)42(53,30-9-4-5-10-30)29-7-2-1-3-8-29/h1-3,7-8,11-16,23,30-31,37,43-45,49-50,53H,4-6,9-10,17-22,24-27H2,(H,46,51). The number of phenolic OH excluding ortho intramolecular Hbond substituents is 1. The summed E-state index contributed by atoms with van der Waals surface area (Å²) in [6.45, 7) is 4.46. The van der Waals surface area contributed by atoms with Crippen LogP contribution in [0.25, 0.3) is 10.9 Å². The van der Waals surface area contributed by atoms with Gasteiger partial charge in [0.2, 0.25) is 5.56 Å². The van der Waals surface area contributed by atoms with Gasteiger partial charge >= 0.3 is 5.97 Å². The molecule has 3 aromatic carbocycles. The number of carbonyl (C=O) groups excluding carboxylic acids is 1. The number of carbonyl (C=O) groups is 1. The Kier molecular flexibility index (Phi) is 11.4. The van der Waals surface area contributed by atoms with E-state index in [1.807, 2.05) is 48.5 Å². The number of aromatic nitrogens is 1. The molecule has 2 atom stereocenters.